The Labute approximate surface area is 363 Å². The van der Waals surface area contributed by atoms with E-state index in [1.807, 2.05) is 60.7 Å². The first-order chi connectivity index (χ1) is 29.1. The van der Waals surface area contributed by atoms with Crippen molar-refractivity contribution in [2.24, 2.45) is 0 Å². The molecule has 0 amide bonds. The summed E-state index contributed by atoms with van der Waals surface area (Å²) in [5.41, 5.74) is 1.14. The second kappa shape index (κ2) is 32.6. The maximum atomic E-state index is 12.4. The molecule has 330 valence electrons. The summed E-state index contributed by atoms with van der Waals surface area (Å²) < 4.78 is 19.1. The fourth-order valence-corrected chi connectivity index (χ4v) is 9.34. The summed E-state index contributed by atoms with van der Waals surface area (Å²) in [5, 5.41) is 12.4. The molecule has 0 spiro atoms. The van der Waals surface area contributed by atoms with Crippen LogP contribution in [0.3, 0.4) is 0 Å². The largest absolute Gasteiger partial charge is 0.494 e. The number of para-hydroxylation sites is 1. The van der Waals surface area contributed by atoms with E-state index in [0.29, 0.717) is 18.8 Å². The summed E-state index contributed by atoms with van der Waals surface area (Å²) in [7, 11) is -1.04. The number of nitro benzene ring substituents is 1. The minimum atomic E-state index is -1.13. The minimum absolute atomic E-state index is 0.0474. The van der Waals surface area contributed by atoms with Crippen LogP contribution in [0.5, 0.6) is 11.5 Å². The number of benzene rings is 3. The predicted octanol–water partition coefficient (Wildman–Crippen LogP) is 15.8. The van der Waals surface area contributed by atoms with Crippen molar-refractivity contribution in [1.29, 1.82) is 0 Å². The number of hydrogen-bond acceptors (Lipinski definition) is 5. The van der Waals surface area contributed by atoms with Gasteiger partial charge in [-0.25, -0.2) is 0 Å². The molecule has 0 bridgehead atoms. The van der Waals surface area contributed by atoms with E-state index in [1.165, 1.54) is 167 Å². The van der Waals surface area contributed by atoms with Crippen LogP contribution in [0.2, 0.25) is 6.55 Å². The molecule has 59 heavy (non-hydrogen) atoms. The molecule has 0 aliphatic carbocycles. The van der Waals surface area contributed by atoms with Crippen LogP contribution in [-0.4, -0.2) is 27.9 Å². The van der Waals surface area contributed by atoms with Crippen molar-refractivity contribution in [3.8, 4) is 11.5 Å². The third-order valence-electron chi connectivity index (χ3n) is 11.9. The van der Waals surface area contributed by atoms with Crippen LogP contribution in [0, 0.1) is 10.1 Å². The molecule has 3 aromatic carbocycles. The first-order valence-electron chi connectivity index (χ1n) is 24.4. The molecular weight excluding hydrogens is 747 g/mol. The highest BCUT2D eigenvalue weighted by Gasteiger charge is 2.41. The summed E-state index contributed by atoms with van der Waals surface area (Å²) in [6.45, 7) is 8.01. The summed E-state index contributed by atoms with van der Waals surface area (Å²) in [5.74, 6) is 1.61. The molecule has 0 aromatic heterocycles. The summed E-state index contributed by atoms with van der Waals surface area (Å²) in [6.07, 6.45) is 37.3. The average Bonchev–Trinajstić information content (AvgIpc) is 3.26. The number of unbranched alkanes of at least 4 members (excludes halogenated alkanes) is 26. The van der Waals surface area contributed by atoms with Gasteiger partial charge in [0.05, 0.1) is 23.7 Å². The Bertz CT molecular complexity index is 1390. The smallest absolute Gasteiger partial charge is 0.276 e. The minimum Gasteiger partial charge on any atom is -0.494 e. The van der Waals surface area contributed by atoms with E-state index in [4.69, 9.17) is 13.9 Å². The van der Waals surface area contributed by atoms with E-state index in [-0.39, 0.29) is 10.6 Å². The lowest BCUT2D eigenvalue weighted by atomic mass is 9.79. The Hall–Kier alpha value is -3.16. The predicted molar refractivity (Wildman–Crippen MR) is 253 cm³/mol. The van der Waals surface area contributed by atoms with Gasteiger partial charge in [0.15, 0.2) is 9.76 Å². The summed E-state index contributed by atoms with van der Waals surface area (Å²) in [6, 6.07) is 23.0. The Balaban J connectivity index is 1.48. The van der Waals surface area contributed by atoms with Gasteiger partial charge in [0.2, 0.25) is 0 Å². The molecule has 0 N–H and O–H groups in total. The maximum Gasteiger partial charge on any atom is 0.276 e. The van der Waals surface area contributed by atoms with Gasteiger partial charge in [0.1, 0.15) is 17.1 Å². The number of rotatable bonds is 38. The van der Waals surface area contributed by atoms with Crippen LogP contribution in [0.25, 0.3) is 0 Å². The molecule has 0 aliphatic heterocycles. The van der Waals surface area contributed by atoms with Gasteiger partial charge in [-0.3, -0.25) is 10.1 Å². The van der Waals surface area contributed by atoms with Gasteiger partial charge in [-0.2, -0.15) is 0 Å². The molecule has 0 radical (unpaired) electrons. The Morgan fingerprint density at radius 2 is 0.797 bits per heavy atom. The van der Waals surface area contributed by atoms with Gasteiger partial charge < -0.3 is 13.9 Å². The summed E-state index contributed by atoms with van der Waals surface area (Å²) >= 11 is 0. The van der Waals surface area contributed by atoms with Crippen molar-refractivity contribution in [1.82, 2.24) is 0 Å². The zero-order chi connectivity index (χ0) is 42.1. The van der Waals surface area contributed by atoms with Gasteiger partial charge >= 0.3 is 0 Å². The van der Waals surface area contributed by atoms with E-state index >= 15 is 0 Å². The first-order valence-corrected chi connectivity index (χ1v) is 26.4. The topological polar surface area (TPSA) is 70.8 Å². The van der Waals surface area contributed by atoms with Crippen LogP contribution in [0.15, 0.2) is 72.8 Å². The highest BCUT2D eigenvalue weighted by Crippen LogP contribution is 2.45. The monoisotopic (exact) mass is 830 g/mol. The van der Waals surface area contributed by atoms with Gasteiger partial charge in [0, 0.05) is 6.07 Å². The molecule has 0 atom stereocenters. The van der Waals surface area contributed by atoms with Crippen LogP contribution < -0.4 is 9.47 Å². The van der Waals surface area contributed by atoms with Crippen LogP contribution in [0.4, 0.5) is 5.69 Å². The highest BCUT2D eigenvalue weighted by atomic mass is 28.2. The van der Waals surface area contributed by atoms with Crippen molar-refractivity contribution in [2.45, 2.75) is 206 Å². The highest BCUT2D eigenvalue weighted by molar-refractivity contribution is 6.25. The molecule has 0 saturated carbocycles. The average molecular weight is 830 g/mol. The number of hydrogen-bond donors (Lipinski definition) is 0. The molecular formula is C52H83NO5Si. The van der Waals surface area contributed by atoms with E-state index < -0.39 is 15.4 Å². The summed E-state index contributed by atoms with van der Waals surface area (Å²) in [4.78, 5) is 12.1. The quantitative estimate of drug-likeness (QED) is 0.0189. The van der Waals surface area contributed by atoms with E-state index in [0.717, 1.165) is 35.5 Å². The van der Waals surface area contributed by atoms with Crippen molar-refractivity contribution < 1.29 is 18.8 Å². The lowest BCUT2D eigenvalue weighted by Gasteiger charge is -2.36. The number of nitrogens with zero attached hydrogens (tertiary/aromatic N) is 1. The van der Waals surface area contributed by atoms with Gasteiger partial charge in [0.25, 0.3) is 5.69 Å². The van der Waals surface area contributed by atoms with Crippen molar-refractivity contribution in [2.75, 3.05) is 13.2 Å². The standard InChI is InChI=1S/C52H83NO5Si/c1-4-6-8-10-12-14-16-18-20-22-24-26-28-32-44-56-48-40-36-46(37-41-48)52(58-59-3,50-34-30-31-35-51(50)53(54)55)47-38-42-49(43-39-47)57-45-33-29-27-25-23-21-19-17-15-13-11-9-7-5-2/h30-31,34-43H,4-29,32-33,44-45,59H2,1-3H3. The second-order valence-corrected chi connectivity index (χ2v) is 17.7. The van der Waals surface area contributed by atoms with Gasteiger partial charge in [-0.1, -0.05) is 224 Å². The fourth-order valence-electron chi connectivity index (χ4n) is 8.41. The zero-order valence-corrected chi connectivity index (χ0v) is 39.3. The molecule has 6 nitrogen and oxygen atoms in total. The molecule has 0 saturated heterocycles. The van der Waals surface area contributed by atoms with Gasteiger partial charge in [-0.05, 0) is 54.3 Å². The van der Waals surface area contributed by atoms with Crippen molar-refractivity contribution >= 4 is 15.5 Å². The van der Waals surface area contributed by atoms with Gasteiger partial charge in [-0.15, -0.1) is 0 Å². The normalized spacial score (nSPS) is 11.8. The third-order valence-corrected chi connectivity index (χ3v) is 12.6. The molecule has 3 aromatic rings. The maximum absolute atomic E-state index is 12.4. The van der Waals surface area contributed by atoms with Crippen molar-refractivity contribution in [3.63, 3.8) is 0 Å². The van der Waals surface area contributed by atoms with E-state index in [1.54, 1.807) is 12.1 Å². The van der Waals surface area contributed by atoms with E-state index in [9.17, 15) is 10.1 Å². The Kier molecular flexibility index (Phi) is 27.7. The van der Waals surface area contributed by atoms with Crippen LogP contribution >= 0.6 is 0 Å². The number of ether oxygens (including phenoxy) is 2. The second-order valence-electron chi connectivity index (χ2n) is 16.8. The Morgan fingerprint density at radius 3 is 1.12 bits per heavy atom. The molecule has 0 heterocycles. The van der Waals surface area contributed by atoms with Crippen LogP contribution in [0.1, 0.15) is 210 Å². The molecule has 0 aliphatic rings. The SMILES string of the molecule is CCCCCCCCCCCCCCCCOc1ccc(C(O[SiH2]C)(c2ccc(OCCCCCCCCCCCCCCCC)cc2)c2ccccc2[N+](=O)[O-])cc1. The van der Waals surface area contributed by atoms with E-state index in [2.05, 4.69) is 20.4 Å². The lowest BCUT2D eigenvalue weighted by Crippen LogP contribution is -2.34. The van der Waals surface area contributed by atoms with Crippen LogP contribution in [-0.2, 0) is 10.0 Å². The zero-order valence-electron chi connectivity index (χ0n) is 37.8. The third kappa shape index (κ3) is 19.8. The fraction of sp³-hybridized carbons (Fsp3) is 0.654. The number of nitro groups is 1. The van der Waals surface area contributed by atoms with Crippen molar-refractivity contribution in [3.05, 3.63) is 99.6 Å². The first kappa shape index (κ1) is 50.2. The molecule has 7 heteroatoms. The molecule has 0 fully saturated rings. The Morgan fingerprint density at radius 1 is 0.475 bits per heavy atom. The molecule has 3 rings (SSSR count). The lowest BCUT2D eigenvalue weighted by molar-refractivity contribution is -0.386. The molecule has 0 unspecified atom stereocenters.